The second-order valence-electron chi connectivity index (χ2n) is 4.99. The Morgan fingerprint density at radius 3 is 3.00 bits per heavy atom. The summed E-state index contributed by atoms with van der Waals surface area (Å²) in [4.78, 5) is 4.65. The summed E-state index contributed by atoms with van der Waals surface area (Å²) in [5, 5.41) is 13.2. The molecule has 0 saturated carbocycles. The van der Waals surface area contributed by atoms with Crippen molar-refractivity contribution < 1.29 is 0 Å². The molecule has 1 aliphatic rings. The number of halogens is 1. The van der Waals surface area contributed by atoms with Crippen molar-refractivity contribution in [3.05, 3.63) is 22.4 Å². The number of rotatable bonds is 1. The van der Waals surface area contributed by atoms with Crippen LogP contribution in [0.2, 0.25) is 12.6 Å². The van der Waals surface area contributed by atoms with Gasteiger partial charge in [-0.25, -0.2) is 10.2 Å². The Balaban J connectivity index is 0.000000774. The maximum Gasteiger partial charge on any atom is 0.268 e. The first kappa shape index (κ1) is 15.8. The van der Waals surface area contributed by atoms with Crippen LogP contribution in [0.5, 0.6) is 0 Å². The molecule has 1 saturated heterocycles. The zero-order valence-corrected chi connectivity index (χ0v) is 14.0. The Kier molecular flexibility index (Phi) is 5.24. The van der Waals surface area contributed by atoms with E-state index in [1.54, 1.807) is 10.7 Å². The first-order chi connectivity index (χ1) is 10.2. The lowest BCUT2D eigenvalue weighted by atomic mass is 9.41. The van der Waals surface area contributed by atoms with Crippen molar-refractivity contribution in [2.45, 2.75) is 45.2 Å². The summed E-state index contributed by atoms with van der Waals surface area (Å²) in [6.07, 6.45) is 5.68. The lowest BCUT2D eigenvalue weighted by molar-refractivity contribution is 0.611. The smallest absolute Gasteiger partial charge is 0.268 e. The van der Waals surface area contributed by atoms with Gasteiger partial charge in [0.2, 0.25) is 0 Å². The average molecular weight is 348 g/mol. The van der Waals surface area contributed by atoms with Gasteiger partial charge in [-0.15, -0.1) is 0 Å². The van der Waals surface area contributed by atoms with Crippen LogP contribution in [-0.4, -0.2) is 21.3 Å². The van der Waals surface area contributed by atoms with Crippen LogP contribution in [0.15, 0.2) is 16.7 Å². The third-order valence-corrected chi connectivity index (χ3v) is 4.59. The zero-order valence-electron chi connectivity index (χ0n) is 12.4. The van der Waals surface area contributed by atoms with Gasteiger partial charge in [0, 0.05) is 12.0 Å². The van der Waals surface area contributed by atoms with E-state index in [0.717, 1.165) is 41.3 Å². The number of anilines is 1. The largest absolute Gasteiger partial charge is 0.383 e. The zero-order chi connectivity index (χ0) is 15.4. The lowest BCUT2D eigenvalue weighted by Crippen LogP contribution is -2.21. The Morgan fingerprint density at radius 2 is 2.29 bits per heavy atom. The van der Waals surface area contributed by atoms with E-state index in [2.05, 4.69) is 32.0 Å². The van der Waals surface area contributed by atoms with E-state index >= 15 is 0 Å². The SMILES string of the molecule is CC.N#CB1CCCC(c2nc3ccnn3c(N)c2Br)C1. The molecule has 1 atom stereocenters. The van der Waals surface area contributed by atoms with Gasteiger partial charge in [-0.05, 0) is 28.3 Å². The highest BCUT2D eigenvalue weighted by atomic mass is 79.9. The van der Waals surface area contributed by atoms with Crippen molar-refractivity contribution in [2.75, 3.05) is 5.73 Å². The van der Waals surface area contributed by atoms with Gasteiger partial charge in [-0.2, -0.15) is 9.61 Å². The van der Waals surface area contributed by atoms with Crippen molar-refractivity contribution >= 4 is 34.1 Å². The molecule has 0 amide bonds. The molecule has 3 heterocycles. The highest BCUT2D eigenvalue weighted by Crippen LogP contribution is 2.38. The fraction of sp³-hybridized carbons (Fsp3) is 0.500. The minimum atomic E-state index is 0.134. The van der Waals surface area contributed by atoms with Crippen LogP contribution in [0.1, 0.15) is 38.3 Å². The molecule has 3 rings (SSSR count). The van der Waals surface area contributed by atoms with E-state index in [1.807, 2.05) is 19.9 Å². The fourth-order valence-electron chi connectivity index (χ4n) is 2.79. The number of hydrogen-bond acceptors (Lipinski definition) is 4. The topological polar surface area (TPSA) is 80.0 Å². The predicted molar refractivity (Wildman–Crippen MR) is 89.4 cm³/mol. The minimum absolute atomic E-state index is 0.134. The molecular weight excluding hydrogens is 329 g/mol. The van der Waals surface area contributed by atoms with Gasteiger partial charge >= 0.3 is 0 Å². The number of nitriles is 1. The number of nitrogen functional groups attached to an aromatic ring is 1. The molecule has 0 radical (unpaired) electrons. The van der Waals surface area contributed by atoms with Gasteiger partial charge in [-0.3, -0.25) is 0 Å². The normalized spacial score (nSPS) is 18.0. The molecule has 110 valence electrons. The first-order valence-corrected chi connectivity index (χ1v) is 8.18. The maximum absolute atomic E-state index is 9.10. The van der Waals surface area contributed by atoms with E-state index in [9.17, 15) is 0 Å². The third kappa shape index (κ3) is 3.05. The van der Waals surface area contributed by atoms with Gasteiger partial charge in [-0.1, -0.05) is 32.9 Å². The Morgan fingerprint density at radius 1 is 1.52 bits per heavy atom. The summed E-state index contributed by atoms with van der Waals surface area (Å²) in [5.41, 5.74) is 7.81. The summed E-state index contributed by atoms with van der Waals surface area (Å²) in [6.45, 7) is 4.13. The monoisotopic (exact) mass is 347 g/mol. The molecule has 2 aromatic heterocycles. The molecule has 2 aromatic rings. The lowest BCUT2D eigenvalue weighted by Gasteiger charge is -2.24. The van der Waals surface area contributed by atoms with E-state index < -0.39 is 0 Å². The predicted octanol–water partition coefficient (Wildman–Crippen LogP) is 3.54. The second-order valence-corrected chi connectivity index (χ2v) is 5.78. The molecule has 1 unspecified atom stereocenters. The summed E-state index contributed by atoms with van der Waals surface area (Å²) in [6, 6.07) is 1.84. The quantitative estimate of drug-likeness (QED) is 0.800. The van der Waals surface area contributed by atoms with E-state index in [0.29, 0.717) is 11.7 Å². The maximum atomic E-state index is 9.10. The summed E-state index contributed by atoms with van der Waals surface area (Å²) >= 11 is 3.53. The van der Waals surface area contributed by atoms with Crippen molar-refractivity contribution in [2.24, 2.45) is 0 Å². The summed E-state index contributed by atoms with van der Waals surface area (Å²) < 4.78 is 2.44. The molecule has 21 heavy (non-hydrogen) atoms. The molecule has 0 spiro atoms. The van der Waals surface area contributed by atoms with Crippen LogP contribution in [-0.2, 0) is 0 Å². The molecule has 7 heteroatoms. The van der Waals surface area contributed by atoms with Crippen LogP contribution >= 0.6 is 15.9 Å². The van der Waals surface area contributed by atoms with Crippen molar-refractivity contribution in [3.8, 4) is 5.97 Å². The number of aromatic nitrogens is 3. The van der Waals surface area contributed by atoms with E-state index in [1.165, 1.54) is 0 Å². The highest BCUT2D eigenvalue weighted by molar-refractivity contribution is 9.10. The van der Waals surface area contributed by atoms with Gasteiger partial charge in [0.1, 0.15) is 5.82 Å². The molecule has 1 fully saturated rings. The number of nitrogens with two attached hydrogens (primary N) is 1. The molecule has 0 aliphatic carbocycles. The van der Waals surface area contributed by atoms with Crippen LogP contribution in [0, 0.1) is 11.2 Å². The number of fused-ring (bicyclic) bond motifs is 1. The van der Waals surface area contributed by atoms with Gasteiger partial charge in [0.05, 0.1) is 16.4 Å². The molecule has 5 nitrogen and oxygen atoms in total. The summed E-state index contributed by atoms with van der Waals surface area (Å²) in [5.74, 6) is 3.25. The van der Waals surface area contributed by atoms with Crippen molar-refractivity contribution in [1.29, 1.82) is 5.26 Å². The standard InChI is InChI=1S/C12H13BBrN5.C2H6/c14-10-11(8-2-1-4-13(6-8)7-15)18-9-3-5-17-19(9)12(10)16;1-2/h3,5,8H,1-2,4,6,16H2;1-2H3. The fourth-order valence-corrected chi connectivity index (χ4v) is 3.37. The van der Waals surface area contributed by atoms with Crippen molar-refractivity contribution in [3.63, 3.8) is 0 Å². The van der Waals surface area contributed by atoms with Crippen molar-refractivity contribution in [1.82, 2.24) is 14.6 Å². The van der Waals surface area contributed by atoms with Crippen LogP contribution in [0.3, 0.4) is 0 Å². The average Bonchev–Trinajstić information content (AvgIpc) is 3.01. The molecule has 0 aromatic carbocycles. The molecular formula is C14H19BBrN5. The van der Waals surface area contributed by atoms with E-state index in [-0.39, 0.29) is 6.71 Å². The Hall–Kier alpha value is -1.55. The van der Waals surface area contributed by atoms with Crippen LogP contribution in [0.4, 0.5) is 5.82 Å². The number of nitrogens with zero attached hydrogens (tertiary/aromatic N) is 4. The number of hydrogen-bond donors (Lipinski definition) is 1. The van der Waals surface area contributed by atoms with Gasteiger partial charge in [0.25, 0.3) is 6.71 Å². The Bertz CT molecular complexity index is 663. The Labute approximate surface area is 133 Å². The van der Waals surface area contributed by atoms with Gasteiger partial charge < -0.3 is 5.73 Å². The first-order valence-electron chi connectivity index (χ1n) is 7.39. The third-order valence-electron chi connectivity index (χ3n) is 3.78. The highest BCUT2D eigenvalue weighted by Gasteiger charge is 2.29. The molecule has 2 N–H and O–H groups in total. The molecule has 0 bridgehead atoms. The van der Waals surface area contributed by atoms with Gasteiger partial charge in [0.15, 0.2) is 5.65 Å². The van der Waals surface area contributed by atoms with Crippen LogP contribution in [0.25, 0.3) is 5.65 Å². The van der Waals surface area contributed by atoms with E-state index in [4.69, 9.17) is 11.0 Å². The summed E-state index contributed by atoms with van der Waals surface area (Å²) in [7, 11) is 0. The van der Waals surface area contributed by atoms with Crippen LogP contribution < -0.4 is 5.73 Å². The minimum Gasteiger partial charge on any atom is -0.383 e. The molecule has 1 aliphatic heterocycles. The second kappa shape index (κ2) is 6.94.